The van der Waals surface area contributed by atoms with E-state index in [-0.39, 0.29) is 0 Å². The highest BCUT2D eigenvalue weighted by molar-refractivity contribution is 5.50. The van der Waals surface area contributed by atoms with Crippen LogP contribution in [0.2, 0.25) is 0 Å². The molecule has 0 spiro atoms. The number of fused-ring (bicyclic) bond motifs is 1. The summed E-state index contributed by atoms with van der Waals surface area (Å²) in [6.07, 6.45) is 8.77. The summed E-state index contributed by atoms with van der Waals surface area (Å²) in [7, 11) is 0. The van der Waals surface area contributed by atoms with Gasteiger partial charge in [0.1, 0.15) is 5.82 Å². The number of rotatable bonds is 3. The van der Waals surface area contributed by atoms with Crippen molar-refractivity contribution in [1.82, 2.24) is 15.3 Å². The second kappa shape index (κ2) is 6.39. The first-order chi connectivity index (χ1) is 9.83. The highest BCUT2D eigenvalue weighted by atomic mass is 15.1. The standard InChI is InChI=1S/C15H25N5/c16-15-19-13-7-9-17-8-6-12(13)14(20-15)18-10-11-4-2-1-3-5-11/h11,17H,1-10H2,(H3,16,18,19,20). The van der Waals surface area contributed by atoms with Gasteiger partial charge in [0.05, 0.1) is 5.69 Å². The van der Waals surface area contributed by atoms with E-state index in [1.165, 1.54) is 37.7 Å². The van der Waals surface area contributed by atoms with Crippen molar-refractivity contribution >= 4 is 11.8 Å². The molecule has 1 aromatic rings. The fourth-order valence-electron chi connectivity index (χ4n) is 3.34. The molecule has 0 bridgehead atoms. The molecule has 0 atom stereocenters. The Balaban J connectivity index is 1.72. The Labute approximate surface area is 120 Å². The topological polar surface area (TPSA) is 75.9 Å². The number of aromatic nitrogens is 2. The van der Waals surface area contributed by atoms with E-state index < -0.39 is 0 Å². The highest BCUT2D eigenvalue weighted by Gasteiger charge is 2.18. The number of nitrogen functional groups attached to an aromatic ring is 1. The van der Waals surface area contributed by atoms with Gasteiger partial charge in [0.25, 0.3) is 0 Å². The number of anilines is 2. The lowest BCUT2D eigenvalue weighted by Gasteiger charge is -2.23. The molecule has 0 saturated heterocycles. The van der Waals surface area contributed by atoms with Crippen molar-refractivity contribution in [2.45, 2.75) is 44.9 Å². The van der Waals surface area contributed by atoms with E-state index in [1.807, 2.05) is 0 Å². The fraction of sp³-hybridized carbons (Fsp3) is 0.733. The lowest BCUT2D eigenvalue weighted by molar-refractivity contribution is 0.373. The Kier molecular flexibility index (Phi) is 4.35. The van der Waals surface area contributed by atoms with E-state index >= 15 is 0 Å². The summed E-state index contributed by atoms with van der Waals surface area (Å²) < 4.78 is 0. The second-order valence-corrected chi connectivity index (χ2v) is 5.99. The van der Waals surface area contributed by atoms with Crippen LogP contribution in [0.1, 0.15) is 43.4 Å². The van der Waals surface area contributed by atoms with Crippen LogP contribution in [0.15, 0.2) is 0 Å². The van der Waals surface area contributed by atoms with E-state index in [2.05, 4.69) is 20.6 Å². The van der Waals surface area contributed by atoms with E-state index in [1.54, 1.807) is 0 Å². The maximum absolute atomic E-state index is 5.86. The molecule has 3 rings (SSSR count). The molecule has 0 aromatic carbocycles. The molecule has 2 heterocycles. The van der Waals surface area contributed by atoms with Crippen molar-refractivity contribution in [3.05, 3.63) is 11.3 Å². The number of hydrogen-bond donors (Lipinski definition) is 3. The average Bonchev–Trinajstić information content (AvgIpc) is 2.71. The van der Waals surface area contributed by atoms with Gasteiger partial charge in [-0.25, -0.2) is 4.98 Å². The lowest BCUT2D eigenvalue weighted by atomic mass is 9.89. The monoisotopic (exact) mass is 275 g/mol. The molecule has 0 unspecified atom stereocenters. The molecule has 1 saturated carbocycles. The van der Waals surface area contributed by atoms with Crippen LogP contribution >= 0.6 is 0 Å². The van der Waals surface area contributed by atoms with E-state index in [0.29, 0.717) is 5.95 Å². The molecule has 0 radical (unpaired) electrons. The van der Waals surface area contributed by atoms with Crippen molar-refractivity contribution in [1.29, 1.82) is 0 Å². The van der Waals surface area contributed by atoms with Crippen molar-refractivity contribution in [3.63, 3.8) is 0 Å². The Morgan fingerprint density at radius 1 is 1.10 bits per heavy atom. The molecule has 1 aliphatic carbocycles. The van der Waals surface area contributed by atoms with Gasteiger partial charge in [0, 0.05) is 25.1 Å². The molecule has 5 heteroatoms. The van der Waals surface area contributed by atoms with Gasteiger partial charge in [-0.2, -0.15) is 4.98 Å². The summed E-state index contributed by atoms with van der Waals surface area (Å²) >= 11 is 0. The van der Waals surface area contributed by atoms with Gasteiger partial charge in [-0.3, -0.25) is 0 Å². The van der Waals surface area contributed by atoms with Crippen LogP contribution in [0.3, 0.4) is 0 Å². The molecule has 1 aromatic heterocycles. The molecule has 2 aliphatic rings. The Morgan fingerprint density at radius 3 is 2.75 bits per heavy atom. The molecule has 1 fully saturated rings. The van der Waals surface area contributed by atoms with Gasteiger partial charge in [-0.05, 0) is 31.7 Å². The Morgan fingerprint density at radius 2 is 1.90 bits per heavy atom. The number of nitrogens with zero attached hydrogens (tertiary/aromatic N) is 2. The second-order valence-electron chi connectivity index (χ2n) is 5.99. The maximum Gasteiger partial charge on any atom is 0.222 e. The predicted molar refractivity (Wildman–Crippen MR) is 81.8 cm³/mol. The van der Waals surface area contributed by atoms with Crippen molar-refractivity contribution in [3.8, 4) is 0 Å². The molecule has 1 aliphatic heterocycles. The summed E-state index contributed by atoms with van der Waals surface area (Å²) in [5.41, 5.74) is 8.24. The summed E-state index contributed by atoms with van der Waals surface area (Å²) in [5.74, 6) is 2.16. The van der Waals surface area contributed by atoms with E-state index in [0.717, 1.165) is 49.9 Å². The third-order valence-corrected chi connectivity index (χ3v) is 4.48. The zero-order valence-electron chi connectivity index (χ0n) is 12.1. The van der Waals surface area contributed by atoms with Crippen molar-refractivity contribution in [2.75, 3.05) is 30.7 Å². The van der Waals surface area contributed by atoms with Gasteiger partial charge >= 0.3 is 0 Å². The van der Waals surface area contributed by atoms with Crippen LogP contribution in [0.25, 0.3) is 0 Å². The lowest BCUT2D eigenvalue weighted by Crippen LogP contribution is -2.20. The summed E-state index contributed by atoms with van der Waals surface area (Å²) in [5, 5.41) is 6.96. The van der Waals surface area contributed by atoms with Gasteiger partial charge in [-0.15, -0.1) is 0 Å². The van der Waals surface area contributed by atoms with E-state index in [9.17, 15) is 0 Å². The number of nitrogens with two attached hydrogens (primary N) is 1. The average molecular weight is 275 g/mol. The predicted octanol–water partition coefficient (Wildman–Crippen LogP) is 1.74. The van der Waals surface area contributed by atoms with Crippen LogP contribution in [0.4, 0.5) is 11.8 Å². The van der Waals surface area contributed by atoms with Crippen LogP contribution in [-0.2, 0) is 12.8 Å². The molecule has 0 amide bonds. The quantitative estimate of drug-likeness (QED) is 0.783. The smallest absolute Gasteiger partial charge is 0.222 e. The third-order valence-electron chi connectivity index (χ3n) is 4.48. The van der Waals surface area contributed by atoms with Gasteiger partial charge < -0.3 is 16.4 Å². The number of hydrogen-bond acceptors (Lipinski definition) is 5. The summed E-state index contributed by atoms with van der Waals surface area (Å²) in [6.45, 7) is 3.00. The minimum atomic E-state index is 0.400. The van der Waals surface area contributed by atoms with Crippen LogP contribution in [-0.4, -0.2) is 29.6 Å². The van der Waals surface area contributed by atoms with Crippen molar-refractivity contribution < 1.29 is 0 Å². The molecular weight excluding hydrogens is 250 g/mol. The summed E-state index contributed by atoms with van der Waals surface area (Å²) in [4.78, 5) is 8.86. The Bertz CT molecular complexity index is 454. The highest BCUT2D eigenvalue weighted by Crippen LogP contribution is 2.25. The van der Waals surface area contributed by atoms with Gasteiger partial charge in [0.2, 0.25) is 5.95 Å². The molecule has 5 nitrogen and oxygen atoms in total. The first kappa shape index (κ1) is 13.6. The van der Waals surface area contributed by atoms with Crippen molar-refractivity contribution in [2.24, 2.45) is 5.92 Å². The number of nitrogens with one attached hydrogen (secondary N) is 2. The SMILES string of the molecule is Nc1nc2c(c(NCC3CCCCC3)n1)CCNCC2. The first-order valence-corrected chi connectivity index (χ1v) is 7.93. The molecule has 20 heavy (non-hydrogen) atoms. The first-order valence-electron chi connectivity index (χ1n) is 7.93. The minimum absolute atomic E-state index is 0.400. The summed E-state index contributed by atoms with van der Waals surface area (Å²) in [6, 6.07) is 0. The van der Waals surface area contributed by atoms with Gasteiger partial charge in [0.15, 0.2) is 0 Å². The zero-order chi connectivity index (χ0) is 13.8. The molecule has 4 N–H and O–H groups in total. The van der Waals surface area contributed by atoms with Crippen LogP contribution in [0.5, 0.6) is 0 Å². The largest absolute Gasteiger partial charge is 0.369 e. The van der Waals surface area contributed by atoms with Crippen LogP contribution in [0, 0.1) is 5.92 Å². The fourth-order valence-corrected chi connectivity index (χ4v) is 3.34. The molecule has 110 valence electrons. The van der Waals surface area contributed by atoms with Gasteiger partial charge in [-0.1, -0.05) is 19.3 Å². The molecular formula is C15H25N5. The zero-order valence-corrected chi connectivity index (χ0v) is 12.1. The Hall–Kier alpha value is -1.36. The third kappa shape index (κ3) is 3.20. The maximum atomic E-state index is 5.86. The minimum Gasteiger partial charge on any atom is -0.369 e. The normalized spacial score (nSPS) is 20.2. The van der Waals surface area contributed by atoms with Crippen LogP contribution < -0.4 is 16.4 Å². The van der Waals surface area contributed by atoms with E-state index in [4.69, 9.17) is 5.73 Å².